The molecule has 5 rings (SSSR count). The zero-order chi connectivity index (χ0) is 24.9. The van der Waals surface area contributed by atoms with E-state index in [2.05, 4.69) is 23.3 Å². The van der Waals surface area contributed by atoms with Gasteiger partial charge in [0, 0.05) is 28.8 Å². The van der Waals surface area contributed by atoms with Crippen LogP contribution in [0.3, 0.4) is 0 Å². The van der Waals surface area contributed by atoms with E-state index in [4.69, 9.17) is 14.5 Å². The SMILES string of the molecule is CCCCOc1ccc2c(c1)N/C(=C(/C#N)c1nccc3ccccc13)N=C2c1ccc(OC)cc1. The van der Waals surface area contributed by atoms with Crippen LogP contribution in [0.1, 0.15) is 36.6 Å². The molecule has 4 aromatic rings. The largest absolute Gasteiger partial charge is 0.497 e. The highest BCUT2D eigenvalue weighted by atomic mass is 16.5. The molecule has 3 aromatic carbocycles. The number of allylic oxidation sites excluding steroid dienone is 1. The average molecular weight is 475 g/mol. The molecule has 0 spiro atoms. The van der Waals surface area contributed by atoms with Gasteiger partial charge in [0.1, 0.15) is 23.1 Å². The van der Waals surface area contributed by atoms with Crippen molar-refractivity contribution in [3.63, 3.8) is 0 Å². The first-order valence-electron chi connectivity index (χ1n) is 12.0. The summed E-state index contributed by atoms with van der Waals surface area (Å²) in [4.78, 5) is 9.52. The second kappa shape index (κ2) is 10.3. The third-order valence-corrected chi connectivity index (χ3v) is 6.11. The summed E-state index contributed by atoms with van der Waals surface area (Å²) in [6.07, 6.45) is 3.77. The number of fused-ring (bicyclic) bond motifs is 2. The molecule has 1 aliphatic heterocycles. The van der Waals surface area contributed by atoms with Crippen molar-refractivity contribution in [3.05, 3.63) is 102 Å². The molecule has 0 bridgehead atoms. The number of hydrogen-bond acceptors (Lipinski definition) is 6. The first-order valence-corrected chi connectivity index (χ1v) is 12.0. The Labute approximate surface area is 210 Å². The predicted octanol–water partition coefficient (Wildman–Crippen LogP) is 6.58. The summed E-state index contributed by atoms with van der Waals surface area (Å²) in [6, 6.07) is 25.9. The third-order valence-electron chi connectivity index (χ3n) is 6.11. The highest BCUT2D eigenvalue weighted by molar-refractivity contribution is 6.18. The minimum Gasteiger partial charge on any atom is -0.497 e. The van der Waals surface area contributed by atoms with E-state index >= 15 is 0 Å². The molecule has 6 heteroatoms. The molecule has 0 amide bonds. The molecule has 2 heterocycles. The Kier molecular flexibility index (Phi) is 6.63. The van der Waals surface area contributed by atoms with Crippen LogP contribution in [0.15, 0.2) is 89.8 Å². The molecule has 0 unspecified atom stereocenters. The Morgan fingerprint density at radius 2 is 1.81 bits per heavy atom. The van der Waals surface area contributed by atoms with E-state index in [0.29, 0.717) is 23.7 Å². The van der Waals surface area contributed by atoms with Crippen molar-refractivity contribution >= 4 is 27.7 Å². The zero-order valence-electron chi connectivity index (χ0n) is 20.3. The smallest absolute Gasteiger partial charge is 0.151 e. The number of nitrogens with zero attached hydrogens (tertiary/aromatic N) is 3. The number of nitrogens with one attached hydrogen (secondary N) is 1. The van der Waals surface area contributed by atoms with Crippen LogP contribution >= 0.6 is 0 Å². The van der Waals surface area contributed by atoms with Gasteiger partial charge in [0.15, 0.2) is 5.82 Å². The van der Waals surface area contributed by atoms with E-state index in [-0.39, 0.29) is 0 Å². The number of nitriles is 1. The number of pyridine rings is 1. The number of unbranched alkanes of at least 4 members (excludes halogenated alkanes) is 1. The van der Waals surface area contributed by atoms with Crippen molar-refractivity contribution in [2.45, 2.75) is 19.8 Å². The van der Waals surface area contributed by atoms with E-state index in [1.54, 1.807) is 13.3 Å². The third kappa shape index (κ3) is 4.51. The van der Waals surface area contributed by atoms with Crippen LogP contribution in [-0.2, 0) is 0 Å². The summed E-state index contributed by atoms with van der Waals surface area (Å²) in [5.74, 6) is 1.99. The number of ether oxygens (including phenoxy) is 2. The Hall–Kier alpha value is -4.63. The maximum absolute atomic E-state index is 10.3. The zero-order valence-corrected chi connectivity index (χ0v) is 20.3. The van der Waals surface area contributed by atoms with Gasteiger partial charge in [0.25, 0.3) is 0 Å². The Balaban J connectivity index is 1.68. The molecule has 0 saturated heterocycles. The monoisotopic (exact) mass is 474 g/mol. The molecule has 178 valence electrons. The van der Waals surface area contributed by atoms with Gasteiger partial charge >= 0.3 is 0 Å². The molecule has 1 aromatic heterocycles. The van der Waals surface area contributed by atoms with Gasteiger partial charge in [-0.3, -0.25) is 4.98 Å². The van der Waals surface area contributed by atoms with Gasteiger partial charge in [-0.05, 0) is 54.3 Å². The van der Waals surface area contributed by atoms with Gasteiger partial charge in [-0.15, -0.1) is 0 Å². The van der Waals surface area contributed by atoms with E-state index in [0.717, 1.165) is 57.6 Å². The Bertz CT molecular complexity index is 1510. The normalized spacial score (nSPS) is 13.8. The molecule has 0 saturated carbocycles. The highest BCUT2D eigenvalue weighted by Gasteiger charge is 2.23. The van der Waals surface area contributed by atoms with Crippen molar-refractivity contribution in [1.29, 1.82) is 5.26 Å². The number of aliphatic imine (C=N–C) groups is 1. The lowest BCUT2D eigenvalue weighted by Crippen LogP contribution is -2.17. The number of anilines is 1. The van der Waals surface area contributed by atoms with Crippen LogP contribution in [0.2, 0.25) is 0 Å². The summed E-state index contributed by atoms with van der Waals surface area (Å²) in [7, 11) is 1.64. The van der Waals surface area contributed by atoms with Gasteiger partial charge < -0.3 is 14.8 Å². The molecule has 6 nitrogen and oxygen atoms in total. The minimum atomic E-state index is 0.376. The van der Waals surface area contributed by atoms with E-state index in [1.165, 1.54) is 0 Å². The number of aromatic nitrogens is 1. The van der Waals surface area contributed by atoms with E-state index in [9.17, 15) is 5.26 Å². The van der Waals surface area contributed by atoms with Crippen molar-refractivity contribution in [1.82, 2.24) is 4.98 Å². The fourth-order valence-electron chi connectivity index (χ4n) is 4.21. The average Bonchev–Trinajstić information content (AvgIpc) is 2.93. The van der Waals surface area contributed by atoms with Crippen LogP contribution in [0, 0.1) is 11.3 Å². The molecule has 0 aliphatic carbocycles. The second-order valence-electron chi connectivity index (χ2n) is 8.44. The van der Waals surface area contributed by atoms with E-state index in [1.807, 2.05) is 72.8 Å². The second-order valence-corrected chi connectivity index (χ2v) is 8.44. The maximum atomic E-state index is 10.3. The lowest BCUT2D eigenvalue weighted by molar-refractivity contribution is 0.309. The lowest BCUT2D eigenvalue weighted by atomic mass is 9.97. The van der Waals surface area contributed by atoms with Crippen LogP contribution < -0.4 is 14.8 Å². The van der Waals surface area contributed by atoms with Gasteiger partial charge in [-0.2, -0.15) is 5.26 Å². The number of rotatable bonds is 7. The van der Waals surface area contributed by atoms with Crippen LogP contribution in [0.4, 0.5) is 5.69 Å². The first-order chi connectivity index (χ1) is 17.7. The predicted molar refractivity (Wildman–Crippen MR) is 143 cm³/mol. The van der Waals surface area contributed by atoms with Gasteiger partial charge in [-0.25, -0.2) is 4.99 Å². The molecule has 1 aliphatic rings. The standard InChI is InChI=1S/C30H26N4O2/c1-3-4-17-36-23-13-14-25-27(18-23)33-30(34-28(25)21-9-11-22(35-2)12-10-21)26(19-31)29-24-8-6-5-7-20(24)15-16-32-29/h5-16,18,33H,3-4,17H2,1-2H3/b30-26+. The van der Waals surface area contributed by atoms with Crippen LogP contribution in [-0.4, -0.2) is 24.4 Å². The van der Waals surface area contributed by atoms with Gasteiger partial charge in [-0.1, -0.05) is 37.6 Å². The van der Waals surface area contributed by atoms with Crippen molar-refractivity contribution in [2.24, 2.45) is 4.99 Å². The molecular weight excluding hydrogens is 448 g/mol. The van der Waals surface area contributed by atoms with Crippen molar-refractivity contribution in [3.8, 4) is 17.6 Å². The molecule has 0 fully saturated rings. The quantitative estimate of drug-likeness (QED) is 0.242. The molecule has 1 N–H and O–H groups in total. The highest BCUT2D eigenvalue weighted by Crippen LogP contribution is 2.34. The molecule has 36 heavy (non-hydrogen) atoms. The summed E-state index contributed by atoms with van der Waals surface area (Å²) in [5.41, 5.74) is 4.39. The maximum Gasteiger partial charge on any atom is 0.151 e. The van der Waals surface area contributed by atoms with E-state index < -0.39 is 0 Å². The summed E-state index contributed by atoms with van der Waals surface area (Å²) < 4.78 is 11.3. The van der Waals surface area contributed by atoms with Crippen molar-refractivity contribution in [2.75, 3.05) is 19.0 Å². The van der Waals surface area contributed by atoms with Gasteiger partial charge in [0.05, 0.1) is 30.8 Å². The van der Waals surface area contributed by atoms with Gasteiger partial charge in [0.2, 0.25) is 0 Å². The topological polar surface area (TPSA) is 79.5 Å². The fourth-order valence-corrected chi connectivity index (χ4v) is 4.21. The lowest BCUT2D eigenvalue weighted by Gasteiger charge is -2.23. The number of hydrogen-bond donors (Lipinski definition) is 1. The Morgan fingerprint density at radius 3 is 2.58 bits per heavy atom. The van der Waals surface area contributed by atoms with Crippen molar-refractivity contribution < 1.29 is 9.47 Å². The summed E-state index contributed by atoms with van der Waals surface area (Å²) in [6.45, 7) is 2.79. The Morgan fingerprint density at radius 1 is 1.00 bits per heavy atom. The summed E-state index contributed by atoms with van der Waals surface area (Å²) >= 11 is 0. The molecular formula is C30H26N4O2. The first kappa shape index (κ1) is 23.1. The van der Waals surface area contributed by atoms with Crippen LogP contribution in [0.5, 0.6) is 11.5 Å². The molecule has 0 atom stereocenters. The van der Waals surface area contributed by atoms with Crippen LogP contribution in [0.25, 0.3) is 16.3 Å². The fraction of sp³-hybridized carbons (Fsp3) is 0.167. The number of methoxy groups -OCH3 is 1. The molecule has 0 radical (unpaired) electrons. The summed E-state index contributed by atoms with van der Waals surface area (Å²) in [5, 5.41) is 15.6. The number of benzene rings is 3. The minimum absolute atomic E-state index is 0.376.